The molecular formula is C19H16N3O2S+. The zero-order valence-corrected chi connectivity index (χ0v) is 14.1. The number of aromatic amines is 1. The highest BCUT2D eigenvalue weighted by atomic mass is 32.1. The second kappa shape index (κ2) is 6.78. The lowest BCUT2D eigenvalue weighted by Gasteiger charge is -2.04. The standard InChI is InChI=1S/C19H15N3O2S/c23-17(13-24-14-7-2-1-3-8-14)21-19-18(15-9-6-12-25-15)20-16-10-4-5-11-22(16)19/h1-12H,13H2,(H,21,23)/p+1. The molecule has 6 heteroatoms. The number of fused-ring (bicyclic) bond motifs is 1. The van der Waals surface area contributed by atoms with Gasteiger partial charge in [-0.1, -0.05) is 30.3 Å². The Morgan fingerprint density at radius 3 is 2.72 bits per heavy atom. The van der Waals surface area contributed by atoms with Crippen LogP contribution < -0.4 is 14.5 Å². The number of benzene rings is 1. The minimum absolute atomic E-state index is 0.0477. The fourth-order valence-corrected chi connectivity index (χ4v) is 3.33. The molecule has 3 heterocycles. The van der Waals surface area contributed by atoms with Crippen molar-refractivity contribution in [1.29, 1.82) is 0 Å². The smallest absolute Gasteiger partial charge is 0.318 e. The van der Waals surface area contributed by atoms with Gasteiger partial charge in [-0.3, -0.25) is 9.78 Å². The summed E-state index contributed by atoms with van der Waals surface area (Å²) in [6.07, 6.45) is 1.91. The van der Waals surface area contributed by atoms with Crippen molar-refractivity contribution in [2.75, 3.05) is 11.9 Å². The second-order valence-electron chi connectivity index (χ2n) is 5.43. The molecule has 25 heavy (non-hydrogen) atoms. The number of para-hydroxylation sites is 1. The summed E-state index contributed by atoms with van der Waals surface area (Å²) in [6, 6.07) is 19.1. The Morgan fingerprint density at radius 2 is 1.92 bits per heavy atom. The van der Waals surface area contributed by atoms with Gasteiger partial charge in [0, 0.05) is 6.07 Å². The first-order valence-corrected chi connectivity index (χ1v) is 8.73. The molecule has 0 aliphatic carbocycles. The number of thiophene rings is 1. The van der Waals surface area contributed by atoms with E-state index in [9.17, 15) is 4.79 Å². The van der Waals surface area contributed by atoms with Crippen LogP contribution in [0, 0.1) is 0 Å². The summed E-state index contributed by atoms with van der Waals surface area (Å²) in [4.78, 5) is 16.8. The highest BCUT2D eigenvalue weighted by Crippen LogP contribution is 2.28. The van der Waals surface area contributed by atoms with Crippen LogP contribution in [0.3, 0.4) is 0 Å². The predicted molar refractivity (Wildman–Crippen MR) is 97.8 cm³/mol. The molecule has 0 spiro atoms. The van der Waals surface area contributed by atoms with E-state index in [1.54, 1.807) is 11.3 Å². The number of amides is 1. The molecule has 1 aromatic carbocycles. The lowest BCUT2D eigenvalue weighted by Crippen LogP contribution is -2.29. The molecule has 4 aromatic rings. The Balaban J connectivity index is 1.60. The molecule has 2 N–H and O–H groups in total. The van der Waals surface area contributed by atoms with Gasteiger partial charge < -0.3 is 4.74 Å². The van der Waals surface area contributed by atoms with E-state index >= 15 is 0 Å². The first kappa shape index (κ1) is 15.4. The number of rotatable bonds is 5. The van der Waals surface area contributed by atoms with Crippen LogP contribution in [0.4, 0.5) is 5.82 Å². The topological polar surface area (TPSA) is 58.2 Å². The van der Waals surface area contributed by atoms with Gasteiger partial charge in [0.05, 0.1) is 11.1 Å². The molecule has 0 aliphatic heterocycles. The van der Waals surface area contributed by atoms with Crippen molar-refractivity contribution in [2.24, 2.45) is 0 Å². The highest BCUT2D eigenvalue weighted by molar-refractivity contribution is 7.13. The molecule has 0 radical (unpaired) electrons. The fraction of sp³-hybridized carbons (Fsp3) is 0.0526. The van der Waals surface area contributed by atoms with E-state index in [4.69, 9.17) is 4.74 Å². The molecule has 4 rings (SSSR count). The van der Waals surface area contributed by atoms with Crippen LogP contribution in [0.15, 0.2) is 72.2 Å². The summed E-state index contributed by atoms with van der Waals surface area (Å²) in [5.41, 5.74) is 1.79. The molecule has 0 atom stereocenters. The quantitative estimate of drug-likeness (QED) is 0.541. The average molecular weight is 350 g/mol. The van der Waals surface area contributed by atoms with Gasteiger partial charge in [-0.2, -0.15) is 0 Å². The molecule has 0 aliphatic rings. The number of hydrogen-bond donors (Lipinski definition) is 2. The van der Waals surface area contributed by atoms with Crippen molar-refractivity contribution in [3.8, 4) is 16.3 Å². The molecular weight excluding hydrogens is 334 g/mol. The van der Waals surface area contributed by atoms with E-state index in [2.05, 4.69) is 10.3 Å². The maximum Gasteiger partial charge on any atom is 0.318 e. The first-order chi connectivity index (χ1) is 12.3. The van der Waals surface area contributed by atoms with Crippen molar-refractivity contribution in [3.05, 3.63) is 72.2 Å². The van der Waals surface area contributed by atoms with Gasteiger partial charge in [-0.25, -0.2) is 9.72 Å². The number of pyridine rings is 1. The molecule has 1 amide bonds. The maximum atomic E-state index is 12.4. The van der Waals surface area contributed by atoms with Gasteiger partial charge in [0.25, 0.3) is 5.82 Å². The number of nitrogens with one attached hydrogen (secondary N) is 2. The van der Waals surface area contributed by atoms with Gasteiger partial charge in [-0.05, 0) is 29.6 Å². The van der Waals surface area contributed by atoms with Crippen molar-refractivity contribution in [3.63, 3.8) is 0 Å². The molecule has 0 saturated heterocycles. The fourth-order valence-electron chi connectivity index (χ4n) is 2.60. The van der Waals surface area contributed by atoms with Crippen molar-refractivity contribution in [1.82, 2.24) is 4.98 Å². The number of imidazole rings is 1. The summed E-state index contributed by atoms with van der Waals surface area (Å²) >= 11 is 1.62. The zero-order chi connectivity index (χ0) is 17.1. The van der Waals surface area contributed by atoms with Crippen LogP contribution >= 0.6 is 11.3 Å². The van der Waals surface area contributed by atoms with E-state index in [1.165, 1.54) is 0 Å². The molecule has 5 nitrogen and oxygen atoms in total. The number of carbonyl (C=O) groups excluding carboxylic acids is 1. The number of carbonyl (C=O) groups is 1. The van der Waals surface area contributed by atoms with Crippen LogP contribution in [-0.2, 0) is 4.79 Å². The number of anilines is 1. The SMILES string of the molecule is O=C(COc1ccccc1)Nc1c(-c2cccs2)[nH]c2cccc[n+]12. The number of nitrogens with zero attached hydrogens (tertiary/aromatic N) is 1. The van der Waals surface area contributed by atoms with E-state index in [1.807, 2.05) is 76.6 Å². The third-order valence-corrected chi connectivity index (χ3v) is 4.62. The third kappa shape index (κ3) is 3.25. The summed E-state index contributed by atoms with van der Waals surface area (Å²) in [7, 11) is 0. The Bertz CT molecular complexity index is 994. The van der Waals surface area contributed by atoms with Gasteiger partial charge in [0.15, 0.2) is 12.3 Å². The van der Waals surface area contributed by atoms with Crippen LogP contribution in [0.2, 0.25) is 0 Å². The minimum Gasteiger partial charge on any atom is -0.482 e. The van der Waals surface area contributed by atoms with Crippen LogP contribution in [0.25, 0.3) is 16.2 Å². The minimum atomic E-state index is -0.209. The molecule has 0 fully saturated rings. The molecule has 124 valence electrons. The zero-order valence-electron chi connectivity index (χ0n) is 13.3. The van der Waals surface area contributed by atoms with E-state index in [0.29, 0.717) is 11.6 Å². The van der Waals surface area contributed by atoms with Crippen LogP contribution in [-0.4, -0.2) is 17.5 Å². The highest BCUT2D eigenvalue weighted by Gasteiger charge is 2.23. The molecule has 0 bridgehead atoms. The number of aromatic nitrogens is 2. The van der Waals surface area contributed by atoms with Crippen LogP contribution in [0.1, 0.15) is 0 Å². The number of hydrogen-bond acceptors (Lipinski definition) is 3. The summed E-state index contributed by atoms with van der Waals surface area (Å²) in [5.74, 6) is 1.17. The van der Waals surface area contributed by atoms with Gasteiger partial charge in [0.1, 0.15) is 5.75 Å². The predicted octanol–water partition coefficient (Wildman–Crippen LogP) is 3.50. The molecule has 3 aromatic heterocycles. The molecule has 0 saturated carbocycles. The summed E-state index contributed by atoms with van der Waals surface area (Å²) in [5, 5.41) is 4.98. The normalized spacial score (nSPS) is 10.7. The summed E-state index contributed by atoms with van der Waals surface area (Å²) in [6.45, 7) is -0.0477. The number of H-pyrrole nitrogens is 1. The van der Waals surface area contributed by atoms with Crippen molar-refractivity contribution >= 4 is 28.7 Å². The maximum absolute atomic E-state index is 12.4. The Kier molecular flexibility index (Phi) is 4.18. The van der Waals surface area contributed by atoms with Crippen molar-refractivity contribution in [2.45, 2.75) is 0 Å². The Labute approximate surface area is 148 Å². The second-order valence-corrected chi connectivity index (χ2v) is 6.38. The monoisotopic (exact) mass is 350 g/mol. The van der Waals surface area contributed by atoms with Gasteiger partial charge in [0.2, 0.25) is 5.65 Å². The lowest BCUT2D eigenvalue weighted by atomic mass is 10.3. The Hall–Kier alpha value is -3.12. The van der Waals surface area contributed by atoms with Crippen molar-refractivity contribution < 1.29 is 13.9 Å². The largest absolute Gasteiger partial charge is 0.482 e. The number of ether oxygens (including phenoxy) is 1. The average Bonchev–Trinajstić information content (AvgIpc) is 3.29. The van der Waals surface area contributed by atoms with E-state index in [0.717, 1.165) is 16.2 Å². The third-order valence-electron chi connectivity index (χ3n) is 3.73. The summed E-state index contributed by atoms with van der Waals surface area (Å²) < 4.78 is 7.46. The first-order valence-electron chi connectivity index (χ1n) is 7.85. The lowest BCUT2D eigenvalue weighted by molar-refractivity contribution is -0.493. The van der Waals surface area contributed by atoms with Gasteiger partial charge >= 0.3 is 5.91 Å². The molecule has 0 unspecified atom stereocenters. The van der Waals surface area contributed by atoms with E-state index < -0.39 is 0 Å². The Morgan fingerprint density at radius 1 is 1.08 bits per heavy atom. The van der Waals surface area contributed by atoms with Gasteiger partial charge in [-0.15, -0.1) is 11.3 Å². The van der Waals surface area contributed by atoms with Crippen LogP contribution in [0.5, 0.6) is 5.75 Å². The van der Waals surface area contributed by atoms with E-state index in [-0.39, 0.29) is 12.5 Å².